The van der Waals surface area contributed by atoms with Crippen molar-refractivity contribution in [2.24, 2.45) is 0 Å². The second kappa shape index (κ2) is 4.77. The van der Waals surface area contributed by atoms with Gasteiger partial charge < -0.3 is 4.74 Å². The van der Waals surface area contributed by atoms with E-state index in [4.69, 9.17) is 0 Å². The molecule has 4 nitrogen and oxygen atoms in total. The first kappa shape index (κ1) is 13.5. The van der Waals surface area contributed by atoms with Crippen LogP contribution in [0.1, 0.15) is 43.0 Å². The molecule has 0 aliphatic heterocycles. The minimum absolute atomic E-state index is 0.0920. The third-order valence-electron chi connectivity index (χ3n) is 2.00. The van der Waals surface area contributed by atoms with E-state index in [1.165, 1.54) is 0 Å². The summed E-state index contributed by atoms with van der Waals surface area (Å²) in [6.07, 6.45) is -4.54. The Hall–Kier alpha value is -1.53. The van der Waals surface area contributed by atoms with Gasteiger partial charge in [-0.3, -0.25) is 4.68 Å². The lowest BCUT2D eigenvalue weighted by molar-refractivity contribution is -0.144. The normalized spacial score (nSPS) is 11.9. The van der Waals surface area contributed by atoms with Gasteiger partial charge in [0.05, 0.1) is 6.61 Å². The Morgan fingerprint density at radius 1 is 1.53 bits per heavy atom. The molecular weight excluding hydrogens is 237 g/mol. The minimum Gasteiger partial charge on any atom is -0.461 e. The lowest BCUT2D eigenvalue weighted by Crippen LogP contribution is -2.16. The van der Waals surface area contributed by atoms with Crippen molar-refractivity contribution in [3.63, 3.8) is 0 Å². The van der Waals surface area contributed by atoms with Gasteiger partial charge in [-0.25, -0.2) is 4.79 Å². The van der Waals surface area contributed by atoms with Crippen LogP contribution in [0.4, 0.5) is 13.2 Å². The predicted octanol–water partition coefficient (Wildman–Crippen LogP) is 2.66. The van der Waals surface area contributed by atoms with Crippen LogP contribution in [0.3, 0.4) is 0 Å². The Balaban J connectivity index is 3.17. The van der Waals surface area contributed by atoms with Crippen LogP contribution in [0.15, 0.2) is 6.07 Å². The standard InChI is InChI=1S/C10H13F3N2O2/c1-4-17-9(16)7-5-8(10(11,12)13)15(14-7)6(2)3/h5-6H,4H2,1-3H3. The van der Waals surface area contributed by atoms with Gasteiger partial charge in [-0.15, -0.1) is 0 Å². The Morgan fingerprint density at radius 2 is 2.12 bits per heavy atom. The Kier molecular flexibility index (Phi) is 3.79. The fourth-order valence-electron chi connectivity index (χ4n) is 1.30. The molecule has 0 bridgehead atoms. The number of carbonyl (C=O) groups is 1. The van der Waals surface area contributed by atoms with Crippen molar-refractivity contribution in [1.29, 1.82) is 0 Å². The first-order valence-electron chi connectivity index (χ1n) is 5.11. The topological polar surface area (TPSA) is 44.1 Å². The summed E-state index contributed by atoms with van der Waals surface area (Å²) in [4.78, 5) is 11.3. The van der Waals surface area contributed by atoms with Gasteiger partial charge in [-0.1, -0.05) is 0 Å². The summed E-state index contributed by atoms with van der Waals surface area (Å²) < 4.78 is 43.4. The van der Waals surface area contributed by atoms with Crippen LogP contribution in [0.5, 0.6) is 0 Å². The number of halogens is 3. The first-order valence-corrected chi connectivity index (χ1v) is 5.11. The number of hydrogen-bond donors (Lipinski definition) is 0. The van der Waals surface area contributed by atoms with E-state index in [0.29, 0.717) is 6.07 Å². The molecule has 0 aliphatic carbocycles. The third-order valence-corrected chi connectivity index (χ3v) is 2.00. The molecule has 1 rings (SSSR count). The molecule has 0 radical (unpaired) electrons. The van der Waals surface area contributed by atoms with Crippen molar-refractivity contribution >= 4 is 5.97 Å². The maximum atomic E-state index is 12.7. The van der Waals surface area contributed by atoms with E-state index in [-0.39, 0.29) is 12.3 Å². The summed E-state index contributed by atoms with van der Waals surface area (Å²) in [5.74, 6) is -0.850. The van der Waals surface area contributed by atoms with Crippen LogP contribution in [0.25, 0.3) is 0 Å². The number of alkyl halides is 3. The second-order valence-corrected chi connectivity index (χ2v) is 3.67. The quantitative estimate of drug-likeness (QED) is 0.774. The highest BCUT2D eigenvalue weighted by Gasteiger charge is 2.37. The van der Waals surface area contributed by atoms with Gasteiger partial charge in [0, 0.05) is 12.1 Å². The molecule has 1 heterocycles. The number of esters is 1. The highest BCUT2D eigenvalue weighted by molar-refractivity contribution is 5.87. The molecule has 0 spiro atoms. The average molecular weight is 250 g/mol. The number of carbonyl (C=O) groups excluding carboxylic acids is 1. The summed E-state index contributed by atoms with van der Waals surface area (Å²) in [5.41, 5.74) is -1.27. The SMILES string of the molecule is CCOC(=O)c1cc(C(F)(F)F)n(C(C)C)n1. The number of aromatic nitrogens is 2. The molecule has 1 aromatic heterocycles. The zero-order valence-corrected chi connectivity index (χ0v) is 9.71. The number of nitrogens with zero attached hydrogens (tertiary/aromatic N) is 2. The largest absolute Gasteiger partial charge is 0.461 e. The van der Waals surface area contributed by atoms with Crippen LogP contribution >= 0.6 is 0 Å². The Morgan fingerprint density at radius 3 is 2.47 bits per heavy atom. The average Bonchev–Trinajstić information content (AvgIpc) is 2.61. The van der Waals surface area contributed by atoms with E-state index < -0.39 is 23.9 Å². The highest BCUT2D eigenvalue weighted by Crippen LogP contribution is 2.31. The van der Waals surface area contributed by atoms with Crippen molar-refractivity contribution in [2.45, 2.75) is 33.0 Å². The van der Waals surface area contributed by atoms with Crippen molar-refractivity contribution in [1.82, 2.24) is 9.78 Å². The third kappa shape index (κ3) is 2.98. The molecule has 0 N–H and O–H groups in total. The van der Waals surface area contributed by atoms with Gasteiger partial charge in [0.2, 0.25) is 0 Å². The van der Waals surface area contributed by atoms with E-state index in [2.05, 4.69) is 9.84 Å². The van der Waals surface area contributed by atoms with Crippen molar-refractivity contribution < 1.29 is 22.7 Å². The molecule has 0 saturated carbocycles. The molecule has 17 heavy (non-hydrogen) atoms. The fourth-order valence-corrected chi connectivity index (χ4v) is 1.30. The van der Waals surface area contributed by atoms with Gasteiger partial charge in [0.1, 0.15) is 5.69 Å². The van der Waals surface area contributed by atoms with Gasteiger partial charge in [-0.2, -0.15) is 18.3 Å². The molecule has 0 unspecified atom stereocenters. The van der Waals surface area contributed by atoms with Gasteiger partial charge in [0.15, 0.2) is 5.69 Å². The molecule has 1 aromatic rings. The summed E-state index contributed by atoms with van der Waals surface area (Å²) >= 11 is 0. The van der Waals surface area contributed by atoms with Crippen LogP contribution in [0.2, 0.25) is 0 Å². The van der Waals surface area contributed by atoms with Crippen molar-refractivity contribution in [3.8, 4) is 0 Å². The van der Waals surface area contributed by atoms with Crippen LogP contribution in [-0.4, -0.2) is 22.4 Å². The molecule has 0 atom stereocenters. The summed E-state index contributed by atoms with van der Waals surface area (Å²) in [6, 6.07) is 0.215. The molecule has 0 fully saturated rings. The predicted molar refractivity (Wildman–Crippen MR) is 53.6 cm³/mol. The zero-order chi connectivity index (χ0) is 13.2. The van der Waals surface area contributed by atoms with Crippen LogP contribution in [0, 0.1) is 0 Å². The molecular formula is C10H13F3N2O2. The van der Waals surface area contributed by atoms with E-state index in [0.717, 1.165) is 4.68 Å². The van der Waals surface area contributed by atoms with Gasteiger partial charge >= 0.3 is 12.1 Å². The van der Waals surface area contributed by atoms with E-state index in [9.17, 15) is 18.0 Å². The summed E-state index contributed by atoms with van der Waals surface area (Å²) in [6.45, 7) is 4.77. The summed E-state index contributed by atoms with van der Waals surface area (Å²) in [5, 5.41) is 3.62. The molecule has 0 amide bonds. The van der Waals surface area contributed by atoms with Gasteiger partial charge in [0.25, 0.3) is 0 Å². The van der Waals surface area contributed by atoms with Crippen molar-refractivity contribution in [3.05, 3.63) is 17.5 Å². The van der Waals surface area contributed by atoms with E-state index in [1.54, 1.807) is 20.8 Å². The van der Waals surface area contributed by atoms with Crippen molar-refractivity contribution in [2.75, 3.05) is 6.61 Å². The maximum Gasteiger partial charge on any atom is 0.433 e. The fraction of sp³-hybridized carbons (Fsp3) is 0.600. The minimum atomic E-state index is -4.54. The first-order chi connectivity index (χ1) is 7.77. The van der Waals surface area contributed by atoms with E-state index >= 15 is 0 Å². The lowest BCUT2D eigenvalue weighted by atomic mass is 10.3. The number of rotatable bonds is 3. The van der Waals surface area contributed by atoms with Crippen LogP contribution in [-0.2, 0) is 10.9 Å². The summed E-state index contributed by atoms with van der Waals surface area (Å²) in [7, 11) is 0. The monoisotopic (exact) mass is 250 g/mol. The molecule has 0 aliphatic rings. The lowest BCUT2D eigenvalue weighted by Gasteiger charge is -2.12. The molecule has 0 aromatic carbocycles. The smallest absolute Gasteiger partial charge is 0.433 e. The van der Waals surface area contributed by atoms with E-state index in [1.807, 2.05) is 0 Å². The number of hydrogen-bond acceptors (Lipinski definition) is 3. The molecule has 0 saturated heterocycles. The molecule has 96 valence electrons. The second-order valence-electron chi connectivity index (χ2n) is 3.67. The van der Waals surface area contributed by atoms with Gasteiger partial charge in [-0.05, 0) is 20.8 Å². The van der Waals surface area contributed by atoms with Crippen LogP contribution < -0.4 is 0 Å². The number of ether oxygens (including phenoxy) is 1. The maximum absolute atomic E-state index is 12.7. The Labute approximate surface area is 96.4 Å². The Bertz CT molecular complexity index is 410. The zero-order valence-electron chi connectivity index (χ0n) is 9.71. The molecule has 7 heteroatoms. The highest BCUT2D eigenvalue weighted by atomic mass is 19.4.